The normalized spacial score (nSPS) is 14.8. The third-order valence-corrected chi connectivity index (χ3v) is 2.32. The highest BCUT2D eigenvalue weighted by atomic mass is 16.2. The molecule has 0 aromatic carbocycles. The SMILES string of the molecule is CNC(=O)C(C)N(C)C(C)CC#N. The fourth-order valence-electron chi connectivity index (χ4n) is 1.05. The number of nitrogens with zero attached hydrogens (tertiary/aromatic N) is 2. The van der Waals surface area contributed by atoms with E-state index < -0.39 is 0 Å². The Kier molecular flexibility index (Phi) is 5.09. The van der Waals surface area contributed by atoms with Crippen LogP contribution in [0.25, 0.3) is 0 Å². The molecule has 4 heteroatoms. The summed E-state index contributed by atoms with van der Waals surface area (Å²) in [6, 6.07) is 2.01. The fourth-order valence-corrected chi connectivity index (χ4v) is 1.05. The third-order valence-electron chi connectivity index (χ3n) is 2.32. The second kappa shape index (κ2) is 5.55. The quantitative estimate of drug-likeness (QED) is 0.684. The van der Waals surface area contributed by atoms with Gasteiger partial charge < -0.3 is 5.32 Å². The van der Waals surface area contributed by atoms with E-state index in [9.17, 15) is 4.79 Å². The van der Waals surface area contributed by atoms with E-state index in [1.54, 1.807) is 7.05 Å². The monoisotopic (exact) mass is 183 g/mol. The van der Waals surface area contributed by atoms with E-state index in [0.717, 1.165) is 0 Å². The lowest BCUT2D eigenvalue weighted by molar-refractivity contribution is -0.125. The van der Waals surface area contributed by atoms with E-state index in [-0.39, 0.29) is 18.0 Å². The summed E-state index contributed by atoms with van der Waals surface area (Å²) >= 11 is 0. The molecule has 0 heterocycles. The molecule has 2 atom stereocenters. The molecule has 0 aliphatic carbocycles. The molecule has 0 saturated heterocycles. The highest BCUT2D eigenvalue weighted by molar-refractivity contribution is 5.80. The van der Waals surface area contributed by atoms with Gasteiger partial charge in [-0.3, -0.25) is 9.69 Å². The van der Waals surface area contributed by atoms with Crippen LogP contribution in [0.5, 0.6) is 0 Å². The second-order valence-corrected chi connectivity index (χ2v) is 3.17. The summed E-state index contributed by atoms with van der Waals surface area (Å²) in [4.78, 5) is 13.1. The Balaban J connectivity index is 4.17. The van der Waals surface area contributed by atoms with Crippen LogP contribution in [-0.4, -0.2) is 37.0 Å². The van der Waals surface area contributed by atoms with E-state index in [1.165, 1.54) is 0 Å². The molecule has 1 N–H and O–H groups in total. The van der Waals surface area contributed by atoms with Crippen LogP contribution in [0.1, 0.15) is 20.3 Å². The smallest absolute Gasteiger partial charge is 0.236 e. The van der Waals surface area contributed by atoms with Crippen LogP contribution in [0.4, 0.5) is 0 Å². The lowest BCUT2D eigenvalue weighted by Crippen LogP contribution is -2.45. The molecule has 0 fully saturated rings. The summed E-state index contributed by atoms with van der Waals surface area (Å²) in [5, 5.41) is 11.1. The molecule has 2 unspecified atom stereocenters. The predicted octanol–water partition coefficient (Wildman–Crippen LogP) is 0.355. The lowest BCUT2D eigenvalue weighted by atomic mass is 10.1. The zero-order valence-corrected chi connectivity index (χ0v) is 8.66. The number of amides is 1. The highest BCUT2D eigenvalue weighted by Gasteiger charge is 2.20. The Morgan fingerprint density at radius 2 is 2.15 bits per heavy atom. The Morgan fingerprint density at radius 3 is 2.54 bits per heavy atom. The maximum Gasteiger partial charge on any atom is 0.236 e. The minimum atomic E-state index is -0.187. The van der Waals surface area contributed by atoms with E-state index in [1.807, 2.05) is 25.8 Å². The molecule has 0 aromatic heterocycles. The van der Waals surface area contributed by atoms with Gasteiger partial charge in [0, 0.05) is 13.1 Å². The van der Waals surface area contributed by atoms with Gasteiger partial charge in [-0.1, -0.05) is 0 Å². The second-order valence-electron chi connectivity index (χ2n) is 3.17. The summed E-state index contributed by atoms with van der Waals surface area (Å²) in [5.41, 5.74) is 0. The first kappa shape index (κ1) is 11.9. The number of carbonyl (C=O) groups excluding carboxylic acids is 1. The zero-order chi connectivity index (χ0) is 10.4. The topological polar surface area (TPSA) is 56.1 Å². The molecular formula is C9H17N3O. The van der Waals surface area contributed by atoms with E-state index in [4.69, 9.17) is 5.26 Å². The van der Waals surface area contributed by atoms with Crippen molar-refractivity contribution in [3.63, 3.8) is 0 Å². The average Bonchev–Trinajstić information content (AvgIpc) is 2.14. The molecule has 4 nitrogen and oxygen atoms in total. The summed E-state index contributed by atoms with van der Waals surface area (Å²) in [6.07, 6.45) is 0.442. The standard InChI is InChI=1S/C9H17N3O/c1-7(5-6-10)12(4)8(2)9(13)11-3/h7-8H,5H2,1-4H3,(H,11,13). The molecular weight excluding hydrogens is 166 g/mol. The number of hydrogen-bond acceptors (Lipinski definition) is 3. The van der Waals surface area contributed by atoms with Crippen molar-refractivity contribution < 1.29 is 4.79 Å². The summed E-state index contributed by atoms with van der Waals surface area (Å²) < 4.78 is 0. The first-order valence-corrected chi connectivity index (χ1v) is 4.35. The first-order chi connectivity index (χ1) is 6.04. The number of carbonyl (C=O) groups is 1. The lowest BCUT2D eigenvalue weighted by Gasteiger charge is -2.27. The van der Waals surface area contributed by atoms with Crippen LogP contribution < -0.4 is 5.32 Å². The van der Waals surface area contributed by atoms with Gasteiger partial charge in [0.15, 0.2) is 0 Å². The van der Waals surface area contributed by atoms with Gasteiger partial charge in [0.1, 0.15) is 0 Å². The van der Waals surface area contributed by atoms with Crippen molar-refractivity contribution in [2.75, 3.05) is 14.1 Å². The van der Waals surface area contributed by atoms with Gasteiger partial charge >= 0.3 is 0 Å². The van der Waals surface area contributed by atoms with Crippen molar-refractivity contribution >= 4 is 5.91 Å². The first-order valence-electron chi connectivity index (χ1n) is 4.35. The van der Waals surface area contributed by atoms with Crippen molar-refractivity contribution in [2.45, 2.75) is 32.4 Å². The molecule has 13 heavy (non-hydrogen) atoms. The third kappa shape index (κ3) is 3.43. The van der Waals surface area contributed by atoms with E-state index in [2.05, 4.69) is 11.4 Å². The van der Waals surface area contributed by atoms with Crippen LogP contribution in [0.3, 0.4) is 0 Å². The number of likely N-dealkylation sites (N-methyl/N-ethyl adjacent to an activating group) is 2. The minimum Gasteiger partial charge on any atom is -0.358 e. The zero-order valence-electron chi connectivity index (χ0n) is 8.66. The van der Waals surface area contributed by atoms with E-state index >= 15 is 0 Å². The molecule has 1 amide bonds. The Hall–Kier alpha value is -1.08. The molecule has 0 radical (unpaired) electrons. The van der Waals surface area contributed by atoms with Crippen LogP contribution in [0, 0.1) is 11.3 Å². The summed E-state index contributed by atoms with van der Waals surface area (Å²) in [5.74, 6) is -0.0210. The van der Waals surface area contributed by atoms with Crippen molar-refractivity contribution in [3.8, 4) is 6.07 Å². The molecule has 0 spiro atoms. The van der Waals surface area contributed by atoms with Gasteiger partial charge in [-0.05, 0) is 20.9 Å². The van der Waals surface area contributed by atoms with Crippen molar-refractivity contribution in [3.05, 3.63) is 0 Å². The summed E-state index contributed by atoms with van der Waals surface area (Å²) in [7, 11) is 3.46. The highest BCUT2D eigenvalue weighted by Crippen LogP contribution is 2.05. The van der Waals surface area contributed by atoms with Gasteiger partial charge in [-0.15, -0.1) is 0 Å². The number of rotatable bonds is 4. The number of nitrogens with one attached hydrogen (secondary N) is 1. The van der Waals surface area contributed by atoms with Gasteiger partial charge in [0.25, 0.3) is 0 Å². The van der Waals surface area contributed by atoms with Crippen molar-refractivity contribution in [2.24, 2.45) is 0 Å². The molecule has 0 aromatic rings. The van der Waals surface area contributed by atoms with Crippen LogP contribution in [-0.2, 0) is 4.79 Å². The maximum atomic E-state index is 11.2. The maximum absolute atomic E-state index is 11.2. The average molecular weight is 183 g/mol. The van der Waals surface area contributed by atoms with Crippen molar-refractivity contribution in [1.29, 1.82) is 5.26 Å². The van der Waals surface area contributed by atoms with Crippen LogP contribution >= 0.6 is 0 Å². The van der Waals surface area contributed by atoms with Gasteiger partial charge in [-0.25, -0.2) is 0 Å². The number of hydrogen-bond donors (Lipinski definition) is 1. The van der Waals surface area contributed by atoms with Crippen LogP contribution in [0.2, 0.25) is 0 Å². The molecule has 0 bridgehead atoms. The molecule has 0 aliphatic heterocycles. The number of nitriles is 1. The van der Waals surface area contributed by atoms with Gasteiger partial charge in [0.2, 0.25) is 5.91 Å². The minimum absolute atomic E-state index is 0.0210. The predicted molar refractivity (Wildman–Crippen MR) is 51.0 cm³/mol. The van der Waals surface area contributed by atoms with Crippen molar-refractivity contribution in [1.82, 2.24) is 10.2 Å². The molecule has 0 aliphatic rings. The van der Waals surface area contributed by atoms with Gasteiger partial charge in [0.05, 0.1) is 18.5 Å². The van der Waals surface area contributed by atoms with Crippen LogP contribution in [0.15, 0.2) is 0 Å². The fraction of sp³-hybridized carbons (Fsp3) is 0.778. The Bertz CT molecular complexity index is 209. The molecule has 0 rings (SSSR count). The summed E-state index contributed by atoms with van der Waals surface area (Å²) in [6.45, 7) is 3.76. The molecule has 0 saturated carbocycles. The Labute approximate surface area is 79.5 Å². The van der Waals surface area contributed by atoms with Gasteiger partial charge in [-0.2, -0.15) is 5.26 Å². The largest absolute Gasteiger partial charge is 0.358 e. The van der Waals surface area contributed by atoms with E-state index in [0.29, 0.717) is 6.42 Å². The Morgan fingerprint density at radius 1 is 1.62 bits per heavy atom. The molecule has 74 valence electrons.